The zero-order chi connectivity index (χ0) is 39.9. The van der Waals surface area contributed by atoms with Crippen LogP contribution in [0.15, 0.2) is 69.9 Å². The maximum absolute atomic E-state index is 12.4. The van der Waals surface area contributed by atoms with Crippen LogP contribution in [0.5, 0.6) is 5.75 Å². The van der Waals surface area contributed by atoms with Gasteiger partial charge in [0.2, 0.25) is 5.91 Å². The maximum Gasteiger partial charge on any atom is 0.319 e. The largest absolute Gasteiger partial charge is 0.508 e. The summed E-state index contributed by atoms with van der Waals surface area (Å²) in [5.74, 6) is 10.7. The highest BCUT2D eigenvalue weighted by Gasteiger charge is 2.14. The number of rotatable bonds is 28. The maximum atomic E-state index is 12.4. The Morgan fingerprint density at radius 1 is 0.768 bits per heavy atom. The van der Waals surface area contributed by atoms with E-state index in [2.05, 4.69) is 43.2 Å². The number of hydrogen-bond donors (Lipinski definition) is 6. The predicted molar refractivity (Wildman–Crippen MR) is 218 cm³/mol. The SMILES string of the molecule is N#CC#Cc1ccc(NC(=O)CCCNC(CCOCCOCCOCCOCCN=CC(CCCCNC(=O)Nc2ccc(O)cc2)=NN)=C2CCC2)cc1. The molecule has 1 aliphatic rings. The molecular weight excluding hydrogens is 716 g/mol. The summed E-state index contributed by atoms with van der Waals surface area (Å²) in [4.78, 5) is 28.6. The number of nitrogens with two attached hydrogens (primary N) is 1. The number of aromatic hydroxyl groups is 1. The first kappa shape index (κ1) is 44.9. The molecule has 0 atom stereocenters. The van der Waals surface area contributed by atoms with Crippen molar-refractivity contribution in [2.24, 2.45) is 15.9 Å². The fourth-order valence-corrected chi connectivity index (χ4v) is 5.23. The summed E-state index contributed by atoms with van der Waals surface area (Å²) in [6.07, 6.45) is 9.22. The minimum atomic E-state index is -0.307. The normalized spacial score (nSPS) is 12.3. The van der Waals surface area contributed by atoms with Gasteiger partial charge in [0.15, 0.2) is 6.07 Å². The monoisotopic (exact) mass is 772 g/mol. The molecule has 15 nitrogen and oxygen atoms in total. The number of allylic oxidation sites excluding steroid dienone is 1. The van der Waals surface area contributed by atoms with Crippen molar-refractivity contribution >= 4 is 35.2 Å². The molecule has 56 heavy (non-hydrogen) atoms. The molecule has 3 amide bonds. The number of benzene rings is 2. The van der Waals surface area contributed by atoms with Crippen molar-refractivity contribution in [1.82, 2.24) is 10.6 Å². The molecule has 0 bridgehead atoms. The van der Waals surface area contributed by atoms with Gasteiger partial charge in [0.25, 0.3) is 0 Å². The van der Waals surface area contributed by atoms with Gasteiger partial charge in [0, 0.05) is 60.7 Å². The summed E-state index contributed by atoms with van der Waals surface area (Å²) in [5, 5.41) is 33.6. The predicted octanol–water partition coefficient (Wildman–Crippen LogP) is 4.85. The fourth-order valence-electron chi connectivity index (χ4n) is 5.23. The third kappa shape index (κ3) is 20.9. The van der Waals surface area contributed by atoms with Crippen molar-refractivity contribution in [2.75, 3.05) is 83.1 Å². The van der Waals surface area contributed by atoms with Crippen molar-refractivity contribution in [3.8, 4) is 23.7 Å². The highest BCUT2D eigenvalue weighted by molar-refractivity contribution is 6.30. The average Bonchev–Trinajstić information content (AvgIpc) is 3.18. The van der Waals surface area contributed by atoms with Gasteiger partial charge in [-0.25, -0.2) is 4.79 Å². The third-order valence-electron chi connectivity index (χ3n) is 8.39. The van der Waals surface area contributed by atoms with Crippen LogP contribution >= 0.6 is 0 Å². The molecule has 0 radical (unpaired) electrons. The van der Waals surface area contributed by atoms with E-state index < -0.39 is 0 Å². The van der Waals surface area contributed by atoms with E-state index in [0.717, 1.165) is 50.6 Å². The second kappa shape index (κ2) is 28.9. The van der Waals surface area contributed by atoms with Crippen LogP contribution in [0, 0.1) is 23.2 Å². The first-order valence-electron chi connectivity index (χ1n) is 19.1. The Hall–Kier alpha value is -5.45. The number of hydrogen-bond acceptors (Lipinski definition) is 12. The van der Waals surface area contributed by atoms with Crippen LogP contribution in [-0.4, -0.2) is 101 Å². The number of nitriles is 1. The van der Waals surface area contributed by atoms with E-state index in [-0.39, 0.29) is 17.7 Å². The molecular formula is C41H56N8O7. The summed E-state index contributed by atoms with van der Waals surface area (Å²) in [6, 6.07) is 14.9. The van der Waals surface area contributed by atoms with Gasteiger partial charge in [-0.05, 0) is 93.5 Å². The molecule has 0 unspecified atom stereocenters. The highest BCUT2D eigenvalue weighted by Crippen LogP contribution is 2.29. The molecule has 0 saturated heterocycles. The van der Waals surface area contributed by atoms with Crippen molar-refractivity contribution in [2.45, 2.75) is 57.8 Å². The van der Waals surface area contributed by atoms with E-state index in [1.165, 1.54) is 29.8 Å². The number of urea groups is 1. The molecule has 1 aliphatic carbocycles. The lowest BCUT2D eigenvalue weighted by atomic mass is 9.89. The lowest BCUT2D eigenvalue weighted by Crippen LogP contribution is -2.29. The number of phenols is 1. The van der Waals surface area contributed by atoms with Crippen LogP contribution in [0.25, 0.3) is 0 Å². The molecule has 302 valence electrons. The van der Waals surface area contributed by atoms with E-state index in [1.807, 2.05) is 0 Å². The summed E-state index contributed by atoms with van der Waals surface area (Å²) in [6.45, 7) is 5.63. The van der Waals surface area contributed by atoms with Crippen molar-refractivity contribution < 1.29 is 33.6 Å². The number of carbonyl (C=O) groups excluding carboxylic acids is 2. The Morgan fingerprint density at radius 2 is 1.39 bits per heavy atom. The molecule has 0 spiro atoms. The van der Waals surface area contributed by atoms with E-state index in [9.17, 15) is 14.7 Å². The number of unbranched alkanes of at least 4 members (excludes halogenated alkanes) is 1. The van der Waals surface area contributed by atoms with Gasteiger partial charge in [-0.1, -0.05) is 11.5 Å². The standard InChI is InChI=1S/C41H56N8O7/c42-20-4-6-33-11-13-35(14-12-33)47-40(51)10-5-22-45-39(34-7-3-8-34)19-24-53-26-28-55-30-31-56-29-27-54-25-23-44-32-37(49-43)9-1-2-21-46-41(52)48-36-15-17-38(50)18-16-36/h11-18,32,45,50H,1-3,5,7-10,19,21-31,43H2,(H,47,51)(H2,46,48,52). The molecule has 0 aromatic heterocycles. The zero-order valence-electron chi connectivity index (χ0n) is 32.2. The minimum absolute atomic E-state index is 0.0401. The quantitative estimate of drug-likeness (QED) is 0.0173. The van der Waals surface area contributed by atoms with Gasteiger partial charge in [-0.3, -0.25) is 9.79 Å². The van der Waals surface area contributed by atoms with Crippen molar-refractivity contribution in [3.63, 3.8) is 0 Å². The van der Waals surface area contributed by atoms with Crippen LogP contribution in [0.2, 0.25) is 0 Å². The molecule has 1 fully saturated rings. The second-order valence-electron chi connectivity index (χ2n) is 12.7. The molecule has 7 N–H and O–H groups in total. The first-order valence-corrected chi connectivity index (χ1v) is 19.1. The number of ether oxygens (including phenoxy) is 4. The van der Waals surface area contributed by atoms with Crippen molar-refractivity contribution in [3.05, 3.63) is 65.4 Å². The molecule has 2 aromatic carbocycles. The number of aliphatic imine (C=N–C) groups is 1. The Labute approximate surface area is 330 Å². The number of phenolic OH excluding ortho intramolecular Hbond substituents is 1. The average molecular weight is 773 g/mol. The summed E-state index contributed by atoms with van der Waals surface area (Å²) < 4.78 is 22.5. The fraction of sp³-hybridized carbons (Fsp3) is 0.488. The first-order chi connectivity index (χ1) is 27.5. The number of anilines is 2. The molecule has 0 aliphatic heterocycles. The van der Waals surface area contributed by atoms with Gasteiger partial charge in [-0.15, -0.1) is 0 Å². The van der Waals surface area contributed by atoms with Crippen molar-refractivity contribution in [1.29, 1.82) is 5.26 Å². The van der Waals surface area contributed by atoms with Crippen LogP contribution in [0.4, 0.5) is 16.2 Å². The smallest absolute Gasteiger partial charge is 0.319 e. The molecule has 0 heterocycles. The van der Waals surface area contributed by atoms with Gasteiger partial charge in [0.1, 0.15) is 5.75 Å². The topological polar surface area (TPSA) is 214 Å². The van der Waals surface area contributed by atoms with E-state index in [0.29, 0.717) is 95.9 Å². The van der Waals surface area contributed by atoms with Crippen LogP contribution < -0.4 is 27.1 Å². The molecule has 15 heteroatoms. The third-order valence-corrected chi connectivity index (χ3v) is 8.39. The zero-order valence-corrected chi connectivity index (χ0v) is 32.2. The van der Waals surface area contributed by atoms with Gasteiger partial charge >= 0.3 is 6.03 Å². The Morgan fingerprint density at radius 3 is 2.04 bits per heavy atom. The van der Waals surface area contributed by atoms with E-state index in [4.69, 9.17) is 30.1 Å². The summed E-state index contributed by atoms with van der Waals surface area (Å²) in [5.41, 5.74) is 5.39. The number of carbonyl (C=O) groups is 2. The number of nitrogens with zero attached hydrogens (tertiary/aromatic N) is 3. The number of nitrogens with one attached hydrogen (secondary N) is 4. The summed E-state index contributed by atoms with van der Waals surface area (Å²) >= 11 is 0. The van der Waals surface area contributed by atoms with Gasteiger partial charge in [-0.2, -0.15) is 10.4 Å². The Bertz CT molecular complexity index is 1640. The van der Waals surface area contributed by atoms with Gasteiger partial charge in [0.05, 0.1) is 65.1 Å². The Kier molecular flexibility index (Phi) is 23.2. The molecule has 3 rings (SSSR count). The van der Waals surface area contributed by atoms with E-state index in [1.54, 1.807) is 48.7 Å². The molecule has 2 aromatic rings. The lowest BCUT2D eigenvalue weighted by molar-refractivity contribution is -0.116. The minimum Gasteiger partial charge on any atom is -0.508 e. The van der Waals surface area contributed by atoms with Crippen LogP contribution in [0.1, 0.15) is 63.4 Å². The van der Waals surface area contributed by atoms with E-state index >= 15 is 0 Å². The Balaban J connectivity index is 1.08. The number of amides is 3. The van der Waals surface area contributed by atoms with Gasteiger partial charge < -0.3 is 51.2 Å². The van der Waals surface area contributed by atoms with Crippen LogP contribution in [0.3, 0.4) is 0 Å². The number of hydrazone groups is 1. The molecule has 1 saturated carbocycles. The second-order valence-corrected chi connectivity index (χ2v) is 12.7. The lowest BCUT2D eigenvalue weighted by Gasteiger charge is -2.23. The van der Waals surface area contributed by atoms with Crippen LogP contribution in [-0.2, 0) is 23.7 Å². The summed E-state index contributed by atoms with van der Waals surface area (Å²) in [7, 11) is 0. The highest BCUT2D eigenvalue weighted by atomic mass is 16.6.